The molecule has 0 bridgehead atoms. The summed E-state index contributed by atoms with van der Waals surface area (Å²) in [6.07, 6.45) is 0. The van der Waals surface area contributed by atoms with Crippen molar-refractivity contribution < 1.29 is 10.0 Å². The van der Waals surface area contributed by atoms with Gasteiger partial charge in [-0.3, -0.25) is 0 Å². The maximum absolute atomic E-state index is 8.63. The summed E-state index contributed by atoms with van der Waals surface area (Å²) in [6.45, 7) is 0. The quantitative estimate of drug-likeness (QED) is 0.163. The van der Waals surface area contributed by atoms with Gasteiger partial charge in [0.25, 0.3) is 0 Å². The van der Waals surface area contributed by atoms with Crippen LogP contribution in [0.4, 0.5) is 0 Å². The fourth-order valence-electron chi connectivity index (χ4n) is 12.0. The van der Waals surface area contributed by atoms with Gasteiger partial charge in [-0.1, -0.05) is 283 Å². The van der Waals surface area contributed by atoms with Crippen molar-refractivity contribution in [3.05, 3.63) is 338 Å². The van der Waals surface area contributed by atoms with Crippen LogP contribution in [0.1, 0.15) is 51.9 Å². The Hall–Kier alpha value is -7.73. The highest BCUT2D eigenvalue weighted by Crippen LogP contribution is 2.57. The van der Waals surface area contributed by atoms with Crippen LogP contribution >= 0.6 is 39.1 Å². The number of fused-ring (bicyclic) bond motifs is 4. The highest BCUT2D eigenvalue weighted by molar-refractivity contribution is 9.10. The van der Waals surface area contributed by atoms with Crippen LogP contribution in [0.3, 0.4) is 0 Å². The van der Waals surface area contributed by atoms with Crippen molar-refractivity contribution >= 4 is 81.7 Å². The predicted molar refractivity (Wildman–Crippen MR) is 334 cm³/mol. The zero-order valence-electron chi connectivity index (χ0n) is 41.7. The van der Waals surface area contributed by atoms with Crippen molar-refractivity contribution in [1.29, 1.82) is 0 Å². The van der Waals surface area contributed by atoms with E-state index in [1.54, 1.807) is 24.3 Å². The maximum Gasteiger partial charge on any atom is 0.488 e. The van der Waals surface area contributed by atoms with Gasteiger partial charge in [0.2, 0.25) is 0 Å². The number of halogens is 3. The SMILES string of the molecule is Brc1cccc(C2(c3ccccc3)c3ccccc3-c3cccc4cccc2c34)c1.C.Clc1ccc(-c2cccc(C3(c4ccccc4)c4ccccc4-c4cccc5cccc3c45)c2)cc1.OB(O)c1ccc(Cl)cc1.[B]. The maximum atomic E-state index is 8.63. The van der Waals surface area contributed by atoms with Gasteiger partial charge in [-0.2, -0.15) is 0 Å². The summed E-state index contributed by atoms with van der Waals surface area (Å²) in [6, 6.07) is 98.8. The molecule has 0 fully saturated rings. The van der Waals surface area contributed by atoms with Crippen LogP contribution in [-0.4, -0.2) is 25.6 Å². The fraction of sp³-hybridized carbons (Fsp3) is 0.0423. The Morgan fingerprint density at radius 1 is 0.333 bits per heavy atom. The number of benzene rings is 12. The highest BCUT2D eigenvalue weighted by atomic mass is 79.9. The van der Waals surface area contributed by atoms with Crippen molar-refractivity contribution in [2.24, 2.45) is 0 Å². The zero-order valence-corrected chi connectivity index (χ0v) is 44.8. The summed E-state index contributed by atoms with van der Waals surface area (Å²) in [7, 11) is -1.41. The molecule has 3 radical (unpaired) electrons. The van der Waals surface area contributed by atoms with Crippen molar-refractivity contribution in [2.75, 3.05) is 0 Å². The lowest BCUT2D eigenvalue weighted by Crippen LogP contribution is -2.33. The van der Waals surface area contributed by atoms with Crippen molar-refractivity contribution in [1.82, 2.24) is 0 Å². The molecule has 78 heavy (non-hydrogen) atoms. The average Bonchev–Trinajstić information content (AvgIpc) is 3.52. The van der Waals surface area contributed by atoms with E-state index in [9.17, 15) is 0 Å². The van der Waals surface area contributed by atoms with E-state index < -0.39 is 12.5 Å². The molecular weight excluding hydrogens is 1060 g/mol. The van der Waals surface area contributed by atoms with Crippen molar-refractivity contribution in [3.8, 4) is 33.4 Å². The van der Waals surface area contributed by atoms with Gasteiger partial charge in [-0.05, 0) is 147 Å². The van der Waals surface area contributed by atoms with E-state index in [0.717, 1.165) is 15.1 Å². The molecule has 2 atom stereocenters. The first kappa shape index (κ1) is 53.7. The summed E-state index contributed by atoms with van der Waals surface area (Å²) in [5.74, 6) is 0. The van der Waals surface area contributed by atoms with Crippen LogP contribution < -0.4 is 5.46 Å². The van der Waals surface area contributed by atoms with Gasteiger partial charge in [0.1, 0.15) is 0 Å². The predicted octanol–water partition coefficient (Wildman–Crippen LogP) is 17.8. The van der Waals surface area contributed by atoms with Gasteiger partial charge in [0.15, 0.2) is 0 Å². The van der Waals surface area contributed by atoms with Gasteiger partial charge in [-0.25, -0.2) is 0 Å². The van der Waals surface area contributed by atoms with Gasteiger partial charge < -0.3 is 10.0 Å². The van der Waals surface area contributed by atoms with Gasteiger partial charge in [0.05, 0.1) is 10.8 Å². The van der Waals surface area contributed by atoms with Crippen molar-refractivity contribution in [2.45, 2.75) is 18.3 Å². The molecule has 2 N–H and O–H groups in total. The molecule has 7 heteroatoms. The number of rotatable bonds is 6. The van der Waals surface area contributed by atoms with Crippen molar-refractivity contribution in [3.63, 3.8) is 0 Å². The molecule has 0 spiro atoms. The Balaban J connectivity index is 0.000000148. The number of hydrogen-bond acceptors (Lipinski definition) is 2. The summed E-state index contributed by atoms with van der Waals surface area (Å²) >= 11 is 15.5. The summed E-state index contributed by atoms with van der Waals surface area (Å²) in [5.41, 5.74) is 17.6. The third kappa shape index (κ3) is 9.30. The summed E-state index contributed by atoms with van der Waals surface area (Å²) in [4.78, 5) is 0. The molecule has 375 valence electrons. The van der Waals surface area contributed by atoms with Crippen LogP contribution in [0.2, 0.25) is 10.0 Å². The second kappa shape index (κ2) is 22.7. The standard InChI is InChI=1S/C35H23Cl.C29H19Br.C6H6BClO2.CH4.B/c36-29-21-19-24(20-22-29)26-11-6-14-28(23-26)35(27-12-2-1-3-13-27)32-17-5-4-15-30(32)31-16-7-9-25-10-8-18-33(35)34(25)31;30-23-14-8-13-22(19-23)29(21-11-2-1-3-12-21)26-17-5-4-15-24(26)25-16-6-9-20-10-7-18-27(29)28(20)25;8-6-3-1-5(2-4-6)7(9)10;;/h1-23H;1-19H;1-4,9-10H;1H4;. The Bertz CT molecular complexity index is 4070. The molecule has 2 aliphatic carbocycles. The van der Waals surface area contributed by atoms with Gasteiger partial charge >= 0.3 is 7.12 Å². The fourth-order valence-corrected chi connectivity index (χ4v) is 12.7. The molecule has 14 rings (SSSR count). The minimum absolute atomic E-state index is 0. The van der Waals surface area contributed by atoms with E-state index in [1.165, 1.54) is 93.9 Å². The third-order valence-corrected chi connectivity index (χ3v) is 16.2. The van der Waals surface area contributed by atoms with E-state index in [2.05, 4.69) is 259 Å². The normalized spacial score (nSPS) is 15.1. The summed E-state index contributed by atoms with van der Waals surface area (Å²) < 4.78 is 1.10. The first-order valence-corrected chi connectivity index (χ1v) is 26.9. The first-order valence-electron chi connectivity index (χ1n) is 25.4. The van der Waals surface area contributed by atoms with Crippen LogP contribution in [0.25, 0.3) is 54.9 Å². The molecule has 12 aromatic carbocycles. The van der Waals surface area contributed by atoms with E-state index in [4.69, 9.17) is 33.2 Å². The topological polar surface area (TPSA) is 40.5 Å². The molecule has 0 saturated heterocycles. The van der Waals surface area contributed by atoms with E-state index >= 15 is 0 Å². The summed E-state index contributed by atoms with van der Waals surface area (Å²) in [5, 5.41) is 23.8. The lowest BCUT2D eigenvalue weighted by molar-refractivity contribution is 0.426. The van der Waals surface area contributed by atoms with Gasteiger partial charge in [-0.15, -0.1) is 0 Å². The Morgan fingerprint density at radius 2 is 0.705 bits per heavy atom. The minimum atomic E-state index is -1.41. The molecule has 2 aliphatic rings. The molecule has 0 amide bonds. The lowest BCUT2D eigenvalue weighted by Gasteiger charge is -2.42. The second-order valence-corrected chi connectivity index (χ2v) is 21.1. The highest BCUT2D eigenvalue weighted by Gasteiger charge is 2.45. The van der Waals surface area contributed by atoms with Crippen LogP contribution in [0.5, 0.6) is 0 Å². The molecule has 0 heterocycles. The molecule has 0 saturated carbocycles. The third-order valence-electron chi connectivity index (χ3n) is 15.2. The van der Waals surface area contributed by atoms with E-state index in [0.29, 0.717) is 10.5 Å². The lowest BCUT2D eigenvalue weighted by atomic mass is 9.59. The molecular formula is C71H52B2BrCl2O2. The molecule has 2 unspecified atom stereocenters. The Kier molecular flexibility index (Phi) is 15.6. The minimum Gasteiger partial charge on any atom is -0.423 e. The van der Waals surface area contributed by atoms with E-state index in [-0.39, 0.29) is 21.3 Å². The average molecular weight is 1110 g/mol. The van der Waals surface area contributed by atoms with Crippen LogP contribution in [0.15, 0.2) is 284 Å². The Morgan fingerprint density at radius 3 is 1.18 bits per heavy atom. The molecule has 12 aromatic rings. The molecule has 0 aliphatic heterocycles. The van der Waals surface area contributed by atoms with Crippen LogP contribution in [-0.2, 0) is 10.8 Å². The number of hydrogen-bond donors (Lipinski definition) is 2. The van der Waals surface area contributed by atoms with Gasteiger partial charge in [0, 0.05) is 22.9 Å². The van der Waals surface area contributed by atoms with E-state index in [1.807, 2.05) is 12.1 Å². The monoisotopic (exact) mass is 1110 g/mol. The van der Waals surface area contributed by atoms with Crippen LogP contribution in [0, 0.1) is 0 Å². The second-order valence-electron chi connectivity index (χ2n) is 19.3. The zero-order chi connectivity index (χ0) is 51.8. The Labute approximate surface area is 478 Å². The largest absolute Gasteiger partial charge is 0.488 e. The first-order chi connectivity index (χ1) is 37.3. The molecule has 0 aromatic heterocycles. The smallest absolute Gasteiger partial charge is 0.423 e. The molecule has 2 nitrogen and oxygen atoms in total.